The minimum atomic E-state index is -0.107. The molecule has 0 atom stereocenters. The van der Waals surface area contributed by atoms with Crippen molar-refractivity contribution < 1.29 is 14.6 Å². The minimum Gasteiger partial charge on any atom is -0.507 e. The first-order valence-electron chi connectivity index (χ1n) is 9.87. The summed E-state index contributed by atoms with van der Waals surface area (Å²) in [5, 5.41) is 14.8. The highest BCUT2D eigenvalue weighted by atomic mass is 79.9. The van der Waals surface area contributed by atoms with Crippen LogP contribution in [0, 0.1) is 0 Å². The number of ketones is 1. The molecule has 4 aromatic rings. The first-order valence-corrected chi connectivity index (χ1v) is 10.7. The standard InChI is InChI=1S/C25H20BrN3O3/c1-32-20-13-6-17(7-14-20)8-15-24-27-25(21-4-2-3-5-22(21)30)29(28-24)16-23(31)18-9-11-19(26)12-10-18/h2-15,30H,16H2,1H3/b15-8+. The molecular formula is C25H20BrN3O3. The Morgan fingerprint density at radius 3 is 2.44 bits per heavy atom. The number of halogens is 1. The zero-order valence-corrected chi connectivity index (χ0v) is 18.9. The Kier molecular flexibility index (Phi) is 6.47. The smallest absolute Gasteiger partial charge is 0.184 e. The zero-order valence-electron chi connectivity index (χ0n) is 17.3. The molecule has 0 aliphatic carbocycles. The van der Waals surface area contributed by atoms with Gasteiger partial charge in [-0.05, 0) is 48.0 Å². The molecule has 0 saturated carbocycles. The van der Waals surface area contributed by atoms with Gasteiger partial charge in [0.1, 0.15) is 18.0 Å². The van der Waals surface area contributed by atoms with E-state index in [1.165, 1.54) is 4.68 Å². The number of rotatable bonds is 7. The number of phenolic OH excluding ortho intramolecular Hbond substituents is 1. The Labute approximate surface area is 194 Å². The van der Waals surface area contributed by atoms with Crippen molar-refractivity contribution in [2.45, 2.75) is 6.54 Å². The molecule has 3 aromatic carbocycles. The SMILES string of the molecule is COc1ccc(/C=C/c2nc(-c3ccccc3O)n(CC(=O)c3ccc(Br)cc3)n2)cc1. The molecule has 0 radical (unpaired) electrons. The highest BCUT2D eigenvalue weighted by Crippen LogP contribution is 2.28. The predicted octanol–water partition coefficient (Wildman–Crippen LogP) is 5.48. The van der Waals surface area contributed by atoms with Gasteiger partial charge in [0.25, 0.3) is 0 Å². The van der Waals surface area contributed by atoms with Crippen LogP contribution in [0.4, 0.5) is 0 Å². The van der Waals surface area contributed by atoms with E-state index < -0.39 is 0 Å². The summed E-state index contributed by atoms with van der Waals surface area (Å²) in [4.78, 5) is 17.4. The summed E-state index contributed by atoms with van der Waals surface area (Å²) in [5.74, 6) is 1.59. The second-order valence-electron chi connectivity index (χ2n) is 7.00. The van der Waals surface area contributed by atoms with E-state index in [0.717, 1.165) is 15.8 Å². The Morgan fingerprint density at radius 1 is 1.03 bits per heavy atom. The van der Waals surface area contributed by atoms with Crippen LogP contribution in [0.5, 0.6) is 11.5 Å². The number of Topliss-reactive ketones (excluding diaryl/α,β-unsaturated/α-hetero) is 1. The van der Waals surface area contributed by atoms with Crippen LogP contribution in [-0.4, -0.2) is 32.8 Å². The number of benzene rings is 3. The van der Waals surface area contributed by atoms with Crippen molar-refractivity contribution in [3.8, 4) is 22.9 Å². The Balaban J connectivity index is 1.66. The van der Waals surface area contributed by atoms with Gasteiger partial charge < -0.3 is 9.84 Å². The first-order chi connectivity index (χ1) is 15.5. The molecule has 0 aliphatic rings. The van der Waals surface area contributed by atoms with E-state index in [4.69, 9.17) is 4.74 Å². The lowest BCUT2D eigenvalue weighted by molar-refractivity contribution is 0.0968. The number of carbonyl (C=O) groups excluding carboxylic acids is 1. The van der Waals surface area contributed by atoms with Gasteiger partial charge in [-0.3, -0.25) is 4.79 Å². The number of phenols is 1. The number of hydrogen-bond donors (Lipinski definition) is 1. The highest BCUT2D eigenvalue weighted by molar-refractivity contribution is 9.10. The van der Waals surface area contributed by atoms with Crippen LogP contribution in [0.25, 0.3) is 23.5 Å². The molecule has 6 nitrogen and oxygen atoms in total. The van der Waals surface area contributed by atoms with Gasteiger partial charge in [0.05, 0.1) is 12.7 Å². The summed E-state index contributed by atoms with van der Waals surface area (Å²) >= 11 is 3.38. The summed E-state index contributed by atoms with van der Waals surface area (Å²) in [6.45, 7) is -0.00528. The van der Waals surface area contributed by atoms with E-state index in [1.54, 1.807) is 49.6 Å². The third-order valence-corrected chi connectivity index (χ3v) is 5.36. The van der Waals surface area contributed by atoms with Crippen molar-refractivity contribution in [1.29, 1.82) is 0 Å². The number of aromatic nitrogens is 3. The van der Waals surface area contributed by atoms with Crippen molar-refractivity contribution in [1.82, 2.24) is 14.8 Å². The van der Waals surface area contributed by atoms with Crippen LogP contribution >= 0.6 is 15.9 Å². The minimum absolute atomic E-state index is 0.00528. The van der Waals surface area contributed by atoms with Crippen molar-refractivity contribution >= 4 is 33.9 Å². The maximum absolute atomic E-state index is 12.8. The predicted molar refractivity (Wildman–Crippen MR) is 128 cm³/mol. The molecule has 0 amide bonds. The summed E-state index contributed by atoms with van der Waals surface area (Å²) in [6, 6.07) is 21.6. The number of ether oxygens (including phenoxy) is 1. The van der Waals surface area contributed by atoms with Gasteiger partial charge in [-0.1, -0.05) is 58.4 Å². The molecule has 4 rings (SSSR count). The van der Waals surface area contributed by atoms with Crippen molar-refractivity contribution in [3.63, 3.8) is 0 Å². The summed E-state index contributed by atoms with van der Waals surface area (Å²) in [6.07, 6.45) is 3.65. The van der Waals surface area contributed by atoms with Crippen molar-refractivity contribution in [3.05, 3.63) is 94.2 Å². The molecule has 1 aromatic heterocycles. The fraction of sp³-hybridized carbons (Fsp3) is 0.0800. The normalized spacial score (nSPS) is 11.1. The van der Waals surface area contributed by atoms with Crippen LogP contribution in [0.2, 0.25) is 0 Å². The van der Waals surface area contributed by atoms with Crippen LogP contribution in [0.15, 0.2) is 77.3 Å². The monoisotopic (exact) mass is 489 g/mol. The molecule has 160 valence electrons. The van der Waals surface area contributed by atoms with Crippen LogP contribution in [0.3, 0.4) is 0 Å². The number of carbonyl (C=O) groups is 1. The fourth-order valence-corrected chi connectivity index (χ4v) is 3.42. The molecule has 1 N–H and O–H groups in total. The summed E-state index contributed by atoms with van der Waals surface area (Å²) in [7, 11) is 1.62. The zero-order chi connectivity index (χ0) is 22.5. The van der Waals surface area contributed by atoms with Crippen molar-refractivity contribution in [2.24, 2.45) is 0 Å². The van der Waals surface area contributed by atoms with Crippen LogP contribution in [0.1, 0.15) is 21.7 Å². The van der Waals surface area contributed by atoms with Crippen LogP contribution < -0.4 is 4.74 Å². The van der Waals surface area contributed by atoms with Gasteiger partial charge in [-0.15, -0.1) is 0 Å². The maximum atomic E-state index is 12.8. The van der Waals surface area contributed by atoms with E-state index in [1.807, 2.05) is 42.5 Å². The number of para-hydroxylation sites is 1. The lowest BCUT2D eigenvalue weighted by atomic mass is 10.1. The van der Waals surface area contributed by atoms with Crippen molar-refractivity contribution in [2.75, 3.05) is 7.11 Å². The molecule has 1 heterocycles. The molecule has 0 unspecified atom stereocenters. The lowest BCUT2D eigenvalue weighted by Crippen LogP contribution is -2.13. The van der Waals surface area contributed by atoms with E-state index in [9.17, 15) is 9.90 Å². The van der Waals surface area contributed by atoms with Gasteiger partial charge in [0.15, 0.2) is 17.4 Å². The molecule has 0 spiro atoms. The molecule has 7 heteroatoms. The second kappa shape index (κ2) is 9.62. The Bertz CT molecular complexity index is 1260. The highest BCUT2D eigenvalue weighted by Gasteiger charge is 2.17. The van der Waals surface area contributed by atoms with Gasteiger partial charge in [0.2, 0.25) is 0 Å². The van der Waals surface area contributed by atoms with Gasteiger partial charge in [0, 0.05) is 10.0 Å². The summed E-state index contributed by atoms with van der Waals surface area (Å²) < 4.78 is 7.60. The molecular weight excluding hydrogens is 470 g/mol. The third kappa shape index (κ3) is 4.95. The maximum Gasteiger partial charge on any atom is 0.184 e. The van der Waals surface area contributed by atoms with E-state index in [-0.39, 0.29) is 18.1 Å². The first kappa shape index (κ1) is 21.5. The third-order valence-electron chi connectivity index (χ3n) is 4.83. The van der Waals surface area contributed by atoms with Gasteiger partial charge >= 0.3 is 0 Å². The topological polar surface area (TPSA) is 77.2 Å². The molecule has 0 saturated heterocycles. The quantitative estimate of drug-likeness (QED) is 0.348. The lowest BCUT2D eigenvalue weighted by Gasteiger charge is -2.07. The van der Waals surface area contributed by atoms with E-state index in [0.29, 0.717) is 22.8 Å². The largest absolute Gasteiger partial charge is 0.507 e. The van der Waals surface area contributed by atoms with Gasteiger partial charge in [-0.2, -0.15) is 5.10 Å². The Hall–Kier alpha value is -3.71. The molecule has 0 bridgehead atoms. The van der Waals surface area contributed by atoms with E-state index in [2.05, 4.69) is 26.0 Å². The second-order valence-corrected chi connectivity index (χ2v) is 7.92. The molecule has 0 aliphatic heterocycles. The average Bonchev–Trinajstić information content (AvgIpc) is 3.21. The Morgan fingerprint density at radius 2 is 1.75 bits per heavy atom. The number of methoxy groups -OCH3 is 1. The van der Waals surface area contributed by atoms with Gasteiger partial charge in [-0.25, -0.2) is 9.67 Å². The molecule has 0 fully saturated rings. The number of nitrogens with zero attached hydrogens (tertiary/aromatic N) is 3. The fourth-order valence-electron chi connectivity index (χ4n) is 3.15. The van der Waals surface area contributed by atoms with E-state index >= 15 is 0 Å². The van der Waals surface area contributed by atoms with Crippen LogP contribution in [-0.2, 0) is 6.54 Å². The summed E-state index contributed by atoms with van der Waals surface area (Å²) in [5.41, 5.74) is 2.03. The number of aromatic hydroxyl groups is 1. The number of hydrogen-bond acceptors (Lipinski definition) is 5. The average molecular weight is 490 g/mol. The molecule has 32 heavy (non-hydrogen) atoms.